The molecule has 19 heteroatoms. The van der Waals surface area contributed by atoms with Crippen LogP contribution in [0.4, 0.5) is 0 Å². The molecule has 0 rings (SSSR count). The van der Waals surface area contributed by atoms with E-state index < -0.39 is 97.5 Å². The van der Waals surface area contributed by atoms with Crippen LogP contribution in [-0.2, 0) is 65.4 Å². The van der Waals surface area contributed by atoms with E-state index in [-0.39, 0.29) is 25.7 Å². The van der Waals surface area contributed by atoms with Gasteiger partial charge in [0.1, 0.15) is 19.3 Å². The van der Waals surface area contributed by atoms with E-state index in [1.165, 1.54) is 186 Å². The van der Waals surface area contributed by atoms with Crippen LogP contribution >= 0.6 is 15.6 Å². The van der Waals surface area contributed by atoms with Gasteiger partial charge in [-0.15, -0.1) is 0 Å². The monoisotopic (exact) mass is 1310 g/mol. The maximum Gasteiger partial charge on any atom is 0.472 e. The average Bonchev–Trinajstić information content (AvgIpc) is 3.72. The Hall–Kier alpha value is -1.94. The number of carbonyl (C=O) groups excluding carboxylic acids is 4. The molecule has 89 heavy (non-hydrogen) atoms. The van der Waals surface area contributed by atoms with E-state index >= 15 is 0 Å². The van der Waals surface area contributed by atoms with Gasteiger partial charge in [-0.25, -0.2) is 9.13 Å². The number of aliphatic hydroxyl groups is 1. The van der Waals surface area contributed by atoms with Crippen molar-refractivity contribution in [1.29, 1.82) is 0 Å². The third-order valence-corrected chi connectivity index (χ3v) is 18.2. The van der Waals surface area contributed by atoms with Crippen molar-refractivity contribution in [2.45, 2.75) is 380 Å². The van der Waals surface area contributed by atoms with E-state index in [9.17, 15) is 43.2 Å². The van der Waals surface area contributed by atoms with Gasteiger partial charge in [-0.3, -0.25) is 37.3 Å². The van der Waals surface area contributed by atoms with Crippen LogP contribution in [0, 0.1) is 5.92 Å². The highest BCUT2D eigenvalue weighted by molar-refractivity contribution is 7.47. The van der Waals surface area contributed by atoms with Crippen LogP contribution in [0.1, 0.15) is 362 Å². The lowest BCUT2D eigenvalue weighted by atomic mass is 10.0. The Morgan fingerprint density at radius 1 is 0.303 bits per heavy atom. The Morgan fingerprint density at radius 2 is 0.517 bits per heavy atom. The summed E-state index contributed by atoms with van der Waals surface area (Å²) in [5.74, 6) is -1.33. The first kappa shape index (κ1) is 87.1. The smallest absolute Gasteiger partial charge is 0.462 e. The second-order valence-electron chi connectivity index (χ2n) is 25.7. The highest BCUT2D eigenvalue weighted by atomic mass is 31.2. The summed E-state index contributed by atoms with van der Waals surface area (Å²) in [4.78, 5) is 72.5. The molecular formula is C70H136O17P2. The Kier molecular flexibility index (Phi) is 62.1. The van der Waals surface area contributed by atoms with Crippen LogP contribution in [0.3, 0.4) is 0 Å². The Morgan fingerprint density at radius 3 is 0.764 bits per heavy atom. The molecule has 0 aliphatic rings. The van der Waals surface area contributed by atoms with Crippen molar-refractivity contribution in [1.82, 2.24) is 0 Å². The first-order valence-electron chi connectivity index (χ1n) is 36.6. The van der Waals surface area contributed by atoms with Crippen molar-refractivity contribution in [2.24, 2.45) is 5.92 Å². The molecule has 0 saturated heterocycles. The van der Waals surface area contributed by atoms with E-state index in [1.54, 1.807) is 0 Å². The summed E-state index contributed by atoms with van der Waals surface area (Å²) >= 11 is 0. The normalized spacial score (nSPS) is 14.1. The highest BCUT2D eigenvalue weighted by Crippen LogP contribution is 2.45. The van der Waals surface area contributed by atoms with Gasteiger partial charge in [0.25, 0.3) is 0 Å². The topological polar surface area (TPSA) is 237 Å². The van der Waals surface area contributed by atoms with Gasteiger partial charge in [-0.1, -0.05) is 311 Å². The summed E-state index contributed by atoms with van der Waals surface area (Å²) in [5.41, 5.74) is 0. The number of unbranched alkanes of at least 4 members (excludes halogenated alkanes) is 42. The van der Waals surface area contributed by atoms with Crippen molar-refractivity contribution in [3.63, 3.8) is 0 Å². The van der Waals surface area contributed by atoms with Crippen molar-refractivity contribution in [3.05, 3.63) is 0 Å². The summed E-state index contributed by atoms with van der Waals surface area (Å²) < 4.78 is 68.2. The van der Waals surface area contributed by atoms with Gasteiger partial charge in [0.2, 0.25) is 0 Å². The number of esters is 4. The molecule has 0 heterocycles. The minimum Gasteiger partial charge on any atom is -0.462 e. The fourth-order valence-corrected chi connectivity index (χ4v) is 12.2. The van der Waals surface area contributed by atoms with Crippen LogP contribution < -0.4 is 0 Å². The van der Waals surface area contributed by atoms with Crippen molar-refractivity contribution in [3.8, 4) is 0 Å². The van der Waals surface area contributed by atoms with E-state index in [4.69, 9.17) is 37.0 Å². The molecule has 0 fully saturated rings. The number of phosphoric acid groups is 2. The van der Waals surface area contributed by atoms with Crippen molar-refractivity contribution >= 4 is 39.5 Å². The summed E-state index contributed by atoms with van der Waals surface area (Å²) in [6.07, 6.45) is 49.8. The largest absolute Gasteiger partial charge is 0.472 e. The molecule has 0 aromatic carbocycles. The lowest BCUT2D eigenvalue weighted by molar-refractivity contribution is -0.161. The SMILES string of the molecule is CCCCCCCCCCCCCC(=O)OC[C@H](COP(=O)(O)OC[C@@H](O)COP(=O)(O)OC[C@@H](COC(=O)CCCCCCCCCCCC)OC(=O)CCCCCCCCCCCCC)OC(=O)CCCCCCCCCCCCCCCCC(C)C. The molecule has 0 spiro atoms. The van der Waals surface area contributed by atoms with Crippen molar-refractivity contribution in [2.75, 3.05) is 39.6 Å². The molecule has 0 radical (unpaired) electrons. The molecule has 5 atom stereocenters. The Balaban J connectivity index is 5.22. The van der Waals surface area contributed by atoms with E-state index in [0.717, 1.165) is 95.8 Å². The third kappa shape index (κ3) is 64.6. The fourth-order valence-electron chi connectivity index (χ4n) is 10.6. The molecule has 17 nitrogen and oxygen atoms in total. The first-order valence-corrected chi connectivity index (χ1v) is 39.6. The lowest BCUT2D eigenvalue weighted by Crippen LogP contribution is -2.30. The molecule has 0 amide bonds. The zero-order chi connectivity index (χ0) is 65.6. The van der Waals surface area contributed by atoms with E-state index in [1.807, 2.05) is 0 Å². The fraction of sp³-hybridized carbons (Fsp3) is 0.943. The molecule has 0 aliphatic heterocycles. The maximum atomic E-state index is 13.0. The summed E-state index contributed by atoms with van der Waals surface area (Å²) in [5, 5.41) is 10.6. The Bertz CT molecular complexity index is 1720. The summed E-state index contributed by atoms with van der Waals surface area (Å²) in [6, 6.07) is 0. The molecule has 3 N–H and O–H groups in total. The second-order valence-corrected chi connectivity index (χ2v) is 28.7. The second kappa shape index (κ2) is 63.5. The number of phosphoric ester groups is 2. The van der Waals surface area contributed by atoms with Crippen LogP contribution in [0.15, 0.2) is 0 Å². The van der Waals surface area contributed by atoms with E-state index in [2.05, 4.69) is 34.6 Å². The zero-order valence-electron chi connectivity index (χ0n) is 57.6. The highest BCUT2D eigenvalue weighted by Gasteiger charge is 2.30. The summed E-state index contributed by atoms with van der Waals surface area (Å²) in [7, 11) is -9.90. The van der Waals surface area contributed by atoms with Gasteiger partial charge in [-0.05, 0) is 31.6 Å². The first-order chi connectivity index (χ1) is 43.0. The number of rotatable bonds is 70. The number of hydrogen-bond donors (Lipinski definition) is 3. The third-order valence-electron chi connectivity index (χ3n) is 16.3. The van der Waals surface area contributed by atoms with E-state index in [0.29, 0.717) is 25.7 Å². The van der Waals surface area contributed by atoms with Gasteiger partial charge in [0.05, 0.1) is 26.4 Å². The molecule has 0 bridgehead atoms. The molecule has 2 unspecified atom stereocenters. The van der Waals surface area contributed by atoms with Crippen LogP contribution in [-0.4, -0.2) is 96.7 Å². The quantitative estimate of drug-likeness (QED) is 0.0222. The number of hydrogen-bond acceptors (Lipinski definition) is 15. The minimum atomic E-state index is -4.95. The predicted octanol–water partition coefficient (Wildman–Crippen LogP) is 20.1. The molecule has 528 valence electrons. The van der Waals surface area contributed by atoms with Gasteiger partial charge in [-0.2, -0.15) is 0 Å². The van der Waals surface area contributed by atoms with Gasteiger partial charge >= 0.3 is 39.5 Å². The zero-order valence-corrected chi connectivity index (χ0v) is 59.4. The predicted molar refractivity (Wildman–Crippen MR) is 358 cm³/mol. The van der Waals surface area contributed by atoms with Crippen LogP contribution in [0.2, 0.25) is 0 Å². The summed E-state index contributed by atoms with van der Waals surface area (Å²) in [6.45, 7) is 7.26. The molecule has 0 aliphatic carbocycles. The van der Waals surface area contributed by atoms with Gasteiger partial charge in [0.15, 0.2) is 12.2 Å². The Labute approximate surface area is 543 Å². The molecule has 0 saturated carbocycles. The number of carbonyl (C=O) groups is 4. The average molecular weight is 1310 g/mol. The number of aliphatic hydroxyl groups excluding tert-OH is 1. The minimum absolute atomic E-state index is 0.107. The lowest BCUT2D eigenvalue weighted by Gasteiger charge is -2.21. The maximum absolute atomic E-state index is 13.0. The van der Waals surface area contributed by atoms with Crippen LogP contribution in [0.25, 0.3) is 0 Å². The van der Waals surface area contributed by atoms with Gasteiger partial charge in [0, 0.05) is 25.7 Å². The standard InChI is InChI=1S/C70H136O17P2/c1-6-9-12-15-18-21-28-34-39-44-49-54-68(73)81-60-66(87-70(75)56-51-46-41-36-31-27-25-24-26-30-32-37-42-47-52-63(4)5)62-85-89(78,79)83-58-64(71)57-82-88(76,77)84-61-65(59-80-67(72)53-48-43-38-33-23-20-17-14-11-8-3)86-69(74)55-50-45-40-35-29-22-19-16-13-10-7-2/h63-66,71H,6-62H2,1-5H3,(H,76,77)(H,78,79)/t64-,65+,66+/m0/s1. The van der Waals surface area contributed by atoms with Gasteiger partial charge < -0.3 is 33.8 Å². The molecule has 0 aromatic heterocycles. The van der Waals surface area contributed by atoms with Crippen molar-refractivity contribution < 1.29 is 80.2 Å². The molecule has 0 aromatic rings. The van der Waals surface area contributed by atoms with Crippen LogP contribution in [0.5, 0.6) is 0 Å². The molecular weight excluding hydrogens is 1170 g/mol. The number of ether oxygens (including phenoxy) is 4.